The molecule has 0 fully saturated rings. The molecule has 3 heteroatoms. The smallest absolute Gasteiger partial charge is 0.125 e. The van der Waals surface area contributed by atoms with E-state index in [4.69, 9.17) is 9.15 Å². The first-order valence-corrected chi connectivity index (χ1v) is 7.68. The van der Waals surface area contributed by atoms with E-state index in [1.165, 1.54) is 5.56 Å². The molecule has 0 aliphatic heterocycles. The maximum atomic E-state index is 5.85. The van der Waals surface area contributed by atoms with Crippen LogP contribution in [0, 0.1) is 13.8 Å². The first-order chi connectivity index (χ1) is 10.2. The Hall–Kier alpha value is -1.74. The Labute approximate surface area is 127 Å². The quantitative estimate of drug-likeness (QED) is 0.820. The zero-order chi connectivity index (χ0) is 15.2. The van der Waals surface area contributed by atoms with E-state index in [2.05, 4.69) is 31.3 Å². The zero-order valence-electron chi connectivity index (χ0n) is 13.4. The summed E-state index contributed by atoms with van der Waals surface area (Å²) in [5, 5.41) is 3.57. The maximum Gasteiger partial charge on any atom is 0.125 e. The number of benzene rings is 1. The van der Waals surface area contributed by atoms with Gasteiger partial charge >= 0.3 is 0 Å². The van der Waals surface area contributed by atoms with Crippen LogP contribution in [0.1, 0.15) is 49.0 Å². The van der Waals surface area contributed by atoms with E-state index in [0.29, 0.717) is 6.61 Å². The molecule has 2 aromatic rings. The maximum absolute atomic E-state index is 5.85. The number of hydrogen-bond donors (Lipinski definition) is 1. The molecule has 0 radical (unpaired) electrons. The molecular formula is C18H25NO2. The molecule has 1 N–H and O–H groups in total. The average Bonchev–Trinajstić information content (AvgIpc) is 2.89. The van der Waals surface area contributed by atoms with Gasteiger partial charge in [0.1, 0.15) is 17.3 Å². The Kier molecular flexibility index (Phi) is 5.45. The Balaban J connectivity index is 2.42. The molecule has 1 atom stereocenters. The Bertz CT molecular complexity index is 574. The molecule has 0 aliphatic rings. The largest absolute Gasteiger partial charge is 0.494 e. The molecule has 1 aromatic carbocycles. The van der Waals surface area contributed by atoms with Gasteiger partial charge < -0.3 is 14.5 Å². The second-order valence-corrected chi connectivity index (χ2v) is 5.31. The van der Waals surface area contributed by atoms with Crippen LogP contribution in [0.5, 0.6) is 5.75 Å². The molecule has 0 amide bonds. The minimum absolute atomic E-state index is 0.0279. The lowest BCUT2D eigenvalue weighted by molar-refractivity contribution is 0.329. The van der Waals surface area contributed by atoms with Gasteiger partial charge in [0.15, 0.2) is 0 Å². The first kappa shape index (κ1) is 15.6. The summed E-state index contributed by atoms with van der Waals surface area (Å²) in [6, 6.07) is 10.4. The van der Waals surface area contributed by atoms with Gasteiger partial charge in [0.05, 0.1) is 12.6 Å². The van der Waals surface area contributed by atoms with Crippen LogP contribution in [0.25, 0.3) is 0 Å². The van der Waals surface area contributed by atoms with E-state index in [9.17, 15) is 0 Å². The van der Waals surface area contributed by atoms with Gasteiger partial charge in [0, 0.05) is 5.56 Å². The lowest BCUT2D eigenvalue weighted by atomic mass is 10.0. The van der Waals surface area contributed by atoms with E-state index in [1.54, 1.807) is 0 Å². The van der Waals surface area contributed by atoms with Gasteiger partial charge in [0.2, 0.25) is 0 Å². The van der Waals surface area contributed by atoms with Gasteiger partial charge in [-0.2, -0.15) is 0 Å². The van der Waals surface area contributed by atoms with Crippen molar-refractivity contribution in [3.8, 4) is 5.75 Å². The molecule has 2 rings (SSSR count). The molecule has 114 valence electrons. The molecular weight excluding hydrogens is 262 g/mol. The zero-order valence-corrected chi connectivity index (χ0v) is 13.4. The van der Waals surface area contributed by atoms with Gasteiger partial charge in [0.25, 0.3) is 0 Å². The van der Waals surface area contributed by atoms with Crippen molar-refractivity contribution in [1.29, 1.82) is 0 Å². The van der Waals surface area contributed by atoms with Gasteiger partial charge in [-0.05, 0) is 51.9 Å². The highest BCUT2D eigenvalue weighted by Crippen LogP contribution is 2.32. The van der Waals surface area contributed by atoms with Crippen LogP contribution in [0.3, 0.4) is 0 Å². The molecule has 1 heterocycles. The summed E-state index contributed by atoms with van der Waals surface area (Å²) >= 11 is 0. The van der Waals surface area contributed by atoms with Crippen LogP contribution < -0.4 is 10.1 Å². The SMILES string of the molecule is CCCNC(c1ccc(C)o1)c1cc(C)ccc1OCC. The molecule has 21 heavy (non-hydrogen) atoms. The lowest BCUT2D eigenvalue weighted by Crippen LogP contribution is -2.23. The lowest BCUT2D eigenvalue weighted by Gasteiger charge is -2.20. The number of aryl methyl sites for hydroxylation is 2. The van der Waals surface area contributed by atoms with Crippen molar-refractivity contribution in [3.63, 3.8) is 0 Å². The molecule has 3 nitrogen and oxygen atoms in total. The summed E-state index contributed by atoms with van der Waals surface area (Å²) in [7, 11) is 0. The first-order valence-electron chi connectivity index (χ1n) is 7.68. The third-order valence-corrected chi connectivity index (χ3v) is 3.42. The Morgan fingerprint density at radius 3 is 2.57 bits per heavy atom. The van der Waals surface area contributed by atoms with Crippen molar-refractivity contribution in [2.75, 3.05) is 13.2 Å². The minimum atomic E-state index is 0.0279. The van der Waals surface area contributed by atoms with E-state index >= 15 is 0 Å². The highest BCUT2D eigenvalue weighted by atomic mass is 16.5. The fourth-order valence-corrected chi connectivity index (χ4v) is 2.44. The normalized spacial score (nSPS) is 12.4. The van der Waals surface area contributed by atoms with Gasteiger partial charge in [-0.1, -0.05) is 24.6 Å². The van der Waals surface area contributed by atoms with Gasteiger partial charge in [-0.15, -0.1) is 0 Å². The Morgan fingerprint density at radius 1 is 1.14 bits per heavy atom. The molecule has 0 spiro atoms. The van der Waals surface area contributed by atoms with E-state index in [1.807, 2.05) is 32.0 Å². The summed E-state index contributed by atoms with van der Waals surface area (Å²) < 4.78 is 11.7. The number of furan rings is 1. The summed E-state index contributed by atoms with van der Waals surface area (Å²) in [4.78, 5) is 0. The second kappa shape index (κ2) is 7.32. The molecule has 1 aromatic heterocycles. The molecule has 1 unspecified atom stereocenters. The van der Waals surface area contributed by atoms with Crippen molar-refractivity contribution in [2.24, 2.45) is 0 Å². The number of rotatable bonds is 7. The fraction of sp³-hybridized carbons (Fsp3) is 0.444. The highest BCUT2D eigenvalue weighted by molar-refractivity contribution is 5.42. The van der Waals surface area contributed by atoms with Crippen molar-refractivity contribution in [2.45, 2.75) is 40.2 Å². The number of hydrogen-bond acceptors (Lipinski definition) is 3. The molecule has 0 saturated carbocycles. The molecule has 0 saturated heterocycles. The predicted octanol–water partition coefficient (Wildman–Crippen LogP) is 4.38. The standard InChI is InChI=1S/C18H25NO2/c1-5-11-19-18(17-10-8-14(4)21-17)15-12-13(3)7-9-16(15)20-6-2/h7-10,12,18-19H,5-6,11H2,1-4H3. The monoisotopic (exact) mass is 287 g/mol. The minimum Gasteiger partial charge on any atom is -0.494 e. The third kappa shape index (κ3) is 3.88. The molecule has 0 aliphatic carbocycles. The number of nitrogens with one attached hydrogen (secondary N) is 1. The molecule has 0 bridgehead atoms. The topological polar surface area (TPSA) is 34.4 Å². The predicted molar refractivity (Wildman–Crippen MR) is 85.9 cm³/mol. The van der Waals surface area contributed by atoms with E-state index < -0.39 is 0 Å². The summed E-state index contributed by atoms with van der Waals surface area (Å²) in [5.41, 5.74) is 2.36. The third-order valence-electron chi connectivity index (χ3n) is 3.42. The van der Waals surface area contributed by atoms with E-state index in [0.717, 1.165) is 35.8 Å². The highest BCUT2D eigenvalue weighted by Gasteiger charge is 2.21. The van der Waals surface area contributed by atoms with E-state index in [-0.39, 0.29) is 6.04 Å². The van der Waals surface area contributed by atoms with Crippen LogP contribution in [-0.4, -0.2) is 13.2 Å². The summed E-state index contributed by atoms with van der Waals surface area (Å²) in [6.45, 7) is 9.84. The second-order valence-electron chi connectivity index (χ2n) is 5.31. The van der Waals surface area contributed by atoms with Crippen LogP contribution in [0.4, 0.5) is 0 Å². The summed E-state index contributed by atoms with van der Waals surface area (Å²) in [6.07, 6.45) is 1.08. The van der Waals surface area contributed by atoms with Crippen molar-refractivity contribution in [1.82, 2.24) is 5.32 Å². The van der Waals surface area contributed by atoms with Crippen molar-refractivity contribution < 1.29 is 9.15 Å². The van der Waals surface area contributed by atoms with Crippen LogP contribution in [-0.2, 0) is 0 Å². The summed E-state index contributed by atoms with van der Waals surface area (Å²) in [5.74, 6) is 2.79. The van der Waals surface area contributed by atoms with Crippen molar-refractivity contribution in [3.05, 3.63) is 53.0 Å². The van der Waals surface area contributed by atoms with Crippen LogP contribution in [0.15, 0.2) is 34.7 Å². The van der Waals surface area contributed by atoms with Crippen LogP contribution in [0.2, 0.25) is 0 Å². The van der Waals surface area contributed by atoms with Gasteiger partial charge in [-0.3, -0.25) is 0 Å². The van der Waals surface area contributed by atoms with Crippen molar-refractivity contribution >= 4 is 0 Å². The Morgan fingerprint density at radius 2 is 1.95 bits per heavy atom. The van der Waals surface area contributed by atoms with Crippen LogP contribution >= 0.6 is 0 Å². The average molecular weight is 287 g/mol. The number of ether oxygens (including phenoxy) is 1. The van der Waals surface area contributed by atoms with Gasteiger partial charge in [-0.25, -0.2) is 0 Å². The fourth-order valence-electron chi connectivity index (χ4n) is 2.44.